The second kappa shape index (κ2) is 12.9. The molecule has 11 heteroatoms. The van der Waals surface area contributed by atoms with Crippen LogP contribution in [0.3, 0.4) is 0 Å². The van der Waals surface area contributed by atoms with Gasteiger partial charge in [0.05, 0.1) is 6.33 Å². The number of hydrogen-bond acceptors (Lipinski definition) is 7. The molecule has 1 rings (SSSR count). The summed E-state index contributed by atoms with van der Waals surface area (Å²) in [4.78, 5) is 44.0. The van der Waals surface area contributed by atoms with Crippen molar-refractivity contribution in [2.75, 3.05) is 6.54 Å². The fourth-order valence-electron chi connectivity index (χ4n) is 2.94. The standard InChI is InChI=1S/C19H36N8O3/c1-11(2)7-15(27-17(29)12(3)5-4-6-24-19(21)22)18(30)26-14(16(20)28)8-13-9-23-10-25-13/h9-12,14-15,19,24H,4-8,21-22H2,1-3H3,(H2,20,28)(H,23,25)(H,26,30)(H,27,29). The minimum absolute atomic E-state index is 0.159. The topological polar surface area (TPSA) is 194 Å². The Hall–Kier alpha value is -2.50. The van der Waals surface area contributed by atoms with Crippen LogP contribution in [0.25, 0.3) is 0 Å². The highest BCUT2D eigenvalue weighted by atomic mass is 16.2. The van der Waals surface area contributed by atoms with E-state index in [1.165, 1.54) is 6.33 Å². The number of primary amides is 1. The number of aromatic nitrogens is 2. The molecule has 0 saturated carbocycles. The monoisotopic (exact) mass is 424 g/mol. The molecule has 1 heterocycles. The van der Waals surface area contributed by atoms with E-state index in [-0.39, 0.29) is 24.2 Å². The maximum atomic E-state index is 12.8. The van der Waals surface area contributed by atoms with Crippen molar-refractivity contribution in [1.29, 1.82) is 0 Å². The third-order valence-corrected chi connectivity index (χ3v) is 4.62. The normalized spacial score (nSPS) is 14.4. The van der Waals surface area contributed by atoms with Crippen LogP contribution in [0.15, 0.2) is 12.5 Å². The largest absolute Gasteiger partial charge is 0.368 e. The molecule has 3 amide bonds. The molecule has 3 atom stereocenters. The van der Waals surface area contributed by atoms with E-state index >= 15 is 0 Å². The van der Waals surface area contributed by atoms with Gasteiger partial charge in [-0.25, -0.2) is 4.98 Å². The van der Waals surface area contributed by atoms with E-state index in [9.17, 15) is 14.4 Å². The van der Waals surface area contributed by atoms with Crippen molar-refractivity contribution >= 4 is 17.7 Å². The summed E-state index contributed by atoms with van der Waals surface area (Å²) in [6.45, 7) is 6.30. The van der Waals surface area contributed by atoms with Crippen molar-refractivity contribution in [1.82, 2.24) is 25.9 Å². The number of carbonyl (C=O) groups excluding carboxylic acids is 3. The fourth-order valence-corrected chi connectivity index (χ4v) is 2.94. The van der Waals surface area contributed by atoms with Gasteiger partial charge < -0.3 is 32.8 Å². The smallest absolute Gasteiger partial charge is 0.243 e. The van der Waals surface area contributed by atoms with Crippen molar-refractivity contribution in [3.05, 3.63) is 18.2 Å². The number of carbonyl (C=O) groups is 3. The lowest BCUT2D eigenvalue weighted by Crippen LogP contribution is -2.54. The van der Waals surface area contributed by atoms with Crippen LogP contribution in [0, 0.1) is 11.8 Å². The zero-order valence-electron chi connectivity index (χ0n) is 18.0. The highest BCUT2D eigenvalue weighted by molar-refractivity contribution is 5.92. The molecule has 10 N–H and O–H groups in total. The van der Waals surface area contributed by atoms with Crippen molar-refractivity contribution < 1.29 is 14.4 Å². The third kappa shape index (κ3) is 9.81. The summed E-state index contributed by atoms with van der Waals surface area (Å²) in [5, 5.41) is 8.35. The number of nitrogens with one attached hydrogen (secondary N) is 4. The maximum Gasteiger partial charge on any atom is 0.243 e. The molecule has 11 nitrogen and oxygen atoms in total. The molecule has 0 aliphatic rings. The van der Waals surface area contributed by atoms with Gasteiger partial charge >= 0.3 is 0 Å². The number of hydrogen-bond donors (Lipinski definition) is 7. The van der Waals surface area contributed by atoms with Gasteiger partial charge in [-0.2, -0.15) is 0 Å². The number of nitrogens with two attached hydrogens (primary N) is 3. The van der Waals surface area contributed by atoms with Gasteiger partial charge in [-0.1, -0.05) is 20.8 Å². The first-order valence-corrected chi connectivity index (χ1v) is 10.2. The molecule has 30 heavy (non-hydrogen) atoms. The Morgan fingerprint density at radius 3 is 2.30 bits per heavy atom. The van der Waals surface area contributed by atoms with Crippen molar-refractivity contribution in [2.45, 2.75) is 64.8 Å². The average molecular weight is 425 g/mol. The van der Waals surface area contributed by atoms with Crippen LogP contribution >= 0.6 is 0 Å². The van der Waals surface area contributed by atoms with Gasteiger partial charge in [0.2, 0.25) is 17.7 Å². The van der Waals surface area contributed by atoms with E-state index in [0.717, 1.165) is 0 Å². The minimum atomic E-state index is -0.909. The Balaban J connectivity index is 2.68. The predicted octanol–water partition coefficient (Wildman–Crippen LogP) is -1.34. The highest BCUT2D eigenvalue weighted by Gasteiger charge is 2.28. The Labute approximate surface area is 177 Å². The minimum Gasteiger partial charge on any atom is -0.368 e. The lowest BCUT2D eigenvalue weighted by atomic mass is 9.99. The summed E-state index contributed by atoms with van der Waals surface area (Å²) in [6, 6.07) is -1.67. The fraction of sp³-hybridized carbons (Fsp3) is 0.684. The van der Waals surface area contributed by atoms with Crippen LogP contribution in [0.4, 0.5) is 0 Å². The summed E-state index contributed by atoms with van der Waals surface area (Å²) in [5.41, 5.74) is 17.0. The third-order valence-electron chi connectivity index (χ3n) is 4.62. The predicted molar refractivity (Wildman–Crippen MR) is 113 cm³/mol. The molecular weight excluding hydrogens is 388 g/mol. The van der Waals surface area contributed by atoms with Crippen molar-refractivity contribution in [2.24, 2.45) is 29.0 Å². The van der Waals surface area contributed by atoms with Crippen LogP contribution < -0.4 is 33.2 Å². The molecule has 1 aromatic rings. The summed E-state index contributed by atoms with van der Waals surface area (Å²) < 4.78 is 0. The number of H-pyrrole nitrogens is 1. The Kier molecular flexibility index (Phi) is 11.0. The van der Waals surface area contributed by atoms with Gasteiger partial charge in [0, 0.05) is 24.2 Å². The van der Waals surface area contributed by atoms with E-state index in [0.29, 0.717) is 31.5 Å². The molecule has 0 aliphatic carbocycles. The molecule has 1 aromatic heterocycles. The lowest BCUT2D eigenvalue weighted by Gasteiger charge is -2.24. The number of rotatable bonds is 14. The number of aromatic amines is 1. The Morgan fingerprint density at radius 1 is 1.10 bits per heavy atom. The summed E-state index contributed by atoms with van der Waals surface area (Å²) in [7, 11) is 0. The van der Waals surface area contributed by atoms with Gasteiger partial charge in [0.25, 0.3) is 0 Å². The molecule has 0 aromatic carbocycles. The number of imidazole rings is 1. The van der Waals surface area contributed by atoms with Gasteiger partial charge in [-0.3, -0.25) is 19.7 Å². The highest BCUT2D eigenvalue weighted by Crippen LogP contribution is 2.10. The molecule has 0 saturated heterocycles. The van der Waals surface area contributed by atoms with E-state index in [4.69, 9.17) is 17.2 Å². The molecular formula is C19H36N8O3. The molecule has 0 radical (unpaired) electrons. The number of amides is 3. The second-order valence-corrected chi connectivity index (χ2v) is 7.96. The van der Waals surface area contributed by atoms with E-state index in [1.54, 1.807) is 13.1 Å². The van der Waals surface area contributed by atoms with Gasteiger partial charge in [-0.05, 0) is 31.7 Å². The molecule has 170 valence electrons. The Morgan fingerprint density at radius 2 is 1.77 bits per heavy atom. The summed E-state index contributed by atoms with van der Waals surface area (Å²) in [5.74, 6) is -1.46. The maximum absolute atomic E-state index is 12.8. The molecule has 0 spiro atoms. The Bertz CT molecular complexity index is 663. The van der Waals surface area contributed by atoms with E-state index in [1.807, 2.05) is 13.8 Å². The first kappa shape index (κ1) is 25.5. The van der Waals surface area contributed by atoms with Gasteiger partial charge in [-0.15, -0.1) is 0 Å². The molecule has 0 bridgehead atoms. The van der Waals surface area contributed by atoms with Gasteiger partial charge in [0.15, 0.2) is 0 Å². The van der Waals surface area contributed by atoms with Crippen molar-refractivity contribution in [3.8, 4) is 0 Å². The lowest BCUT2D eigenvalue weighted by molar-refractivity contribution is -0.133. The van der Waals surface area contributed by atoms with Crippen molar-refractivity contribution in [3.63, 3.8) is 0 Å². The van der Waals surface area contributed by atoms with Crippen LogP contribution in [-0.2, 0) is 20.8 Å². The zero-order valence-corrected chi connectivity index (χ0v) is 18.0. The first-order valence-electron chi connectivity index (χ1n) is 10.2. The molecule has 3 unspecified atom stereocenters. The van der Waals surface area contributed by atoms with E-state index in [2.05, 4.69) is 25.9 Å². The zero-order chi connectivity index (χ0) is 22.7. The number of nitrogens with zero attached hydrogens (tertiary/aromatic N) is 1. The average Bonchev–Trinajstić information content (AvgIpc) is 3.16. The molecule has 0 aliphatic heterocycles. The van der Waals surface area contributed by atoms with Crippen LogP contribution in [0.1, 0.15) is 45.7 Å². The second-order valence-electron chi connectivity index (χ2n) is 7.96. The van der Waals surface area contributed by atoms with Crippen LogP contribution in [-0.4, -0.2) is 52.6 Å². The molecule has 0 fully saturated rings. The summed E-state index contributed by atoms with van der Waals surface area (Å²) >= 11 is 0. The van der Waals surface area contributed by atoms with Crippen LogP contribution in [0.2, 0.25) is 0 Å². The van der Waals surface area contributed by atoms with Crippen LogP contribution in [0.5, 0.6) is 0 Å². The first-order chi connectivity index (χ1) is 14.1. The van der Waals surface area contributed by atoms with Gasteiger partial charge in [0.1, 0.15) is 18.4 Å². The quantitative estimate of drug-likeness (QED) is 0.142. The summed E-state index contributed by atoms with van der Waals surface area (Å²) in [6.07, 6.45) is 4.41. The van der Waals surface area contributed by atoms with E-state index < -0.39 is 30.2 Å². The SMILES string of the molecule is CC(C)CC(NC(=O)C(C)CCCNC(N)N)C(=O)NC(Cc1cnc[nH]1)C(N)=O.